The molecule has 1 aliphatic heterocycles. The Kier molecular flexibility index (Phi) is 6.88. The first-order valence-electron chi connectivity index (χ1n) is 9.18. The summed E-state index contributed by atoms with van der Waals surface area (Å²) in [5.41, 5.74) is 2.52. The molecular weight excluding hydrogens is 475 g/mol. The highest BCUT2D eigenvalue weighted by molar-refractivity contribution is 8.18. The molecule has 31 heavy (non-hydrogen) atoms. The Bertz CT molecular complexity index is 1180. The van der Waals surface area contributed by atoms with Gasteiger partial charge in [0.25, 0.3) is 5.91 Å². The quantitative estimate of drug-likeness (QED) is 0.388. The highest BCUT2D eigenvalue weighted by Gasteiger charge is 2.23. The van der Waals surface area contributed by atoms with Gasteiger partial charge in [-0.05, 0) is 71.4 Å². The van der Waals surface area contributed by atoms with Crippen LogP contribution in [0.25, 0.3) is 6.08 Å². The molecule has 1 N–H and O–H groups in total. The molecule has 0 spiro atoms. The lowest BCUT2D eigenvalue weighted by Gasteiger charge is -2.06. The first-order chi connectivity index (χ1) is 15.0. The van der Waals surface area contributed by atoms with Crippen LogP contribution in [0.5, 0.6) is 5.75 Å². The Morgan fingerprint density at radius 2 is 1.68 bits per heavy atom. The molecule has 1 saturated heterocycles. The summed E-state index contributed by atoms with van der Waals surface area (Å²) in [6.45, 7) is 0.449. The number of thioether (sulfide) groups is 1. The van der Waals surface area contributed by atoms with E-state index >= 15 is 0 Å². The third-order valence-electron chi connectivity index (χ3n) is 4.28. The van der Waals surface area contributed by atoms with E-state index in [1.807, 2.05) is 48.5 Å². The van der Waals surface area contributed by atoms with Crippen LogP contribution < -0.4 is 10.1 Å². The van der Waals surface area contributed by atoms with Crippen molar-refractivity contribution in [3.8, 4) is 5.75 Å². The van der Waals surface area contributed by atoms with Crippen molar-refractivity contribution < 1.29 is 9.53 Å². The van der Waals surface area contributed by atoms with E-state index in [-0.39, 0.29) is 5.91 Å². The molecule has 0 atom stereocenters. The molecule has 4 rings (SSSR count). The van der Waals surface area contributed by atoms with Gasteiger partial charge in [0.05, 0.1) is 20.6 Å². The minimum atomic E-state index is -0.202. The monoisotopic (exact) mass is 488 g/mol. The zero-order chi connectivity index (χ0) is 21.8. The van der Waals surface area contributed by atoms with Crippen LogP contribution in [-0.4, -0.2) is 11.1 Å². The lowest BCUT2D eigenvalue weighted by atomic mass is 10.2. The second-order valence-corrected chi connectivity index (χ2v) is 8.85. The van der Waals surface area contributed by atoms with E-state index in [1.165, 1.54) is 11.8 Å². The van der Waals surface area contributed by atoms with Gasteiger partial charge >= 0.3 is 0 Å². The molecule has 0 bridgehead atoms. The first kappa shape index (κ1) is 21.8. The van der Waals surface area contributed by atoms with E-state index in [9.17, 15) is 4.79 Å². The SMILES string of the molecule is O=C1NC(=Nc2ccc(Cl)c(Cl)c2)S/C1=C\c1ccc(OCc2ccc(Cl)cc2)cc1. The fourth-order valence-corrected chi connectivity index (χ4v) is 3.97. The molecule has 1 amide bonds. The Morgan fingerprint density at radius 3 is 2.39 bits per heavy atom. The van der Waals surface area contributed by atoms with Crippen LogP contribution in [-0.2, 0) is 11.4 Å². The number of carbonyl (C=O) groups is 1. The van der Waals surface area contributed by atoms with Crippen LogP contribution in [0.3, 0.4) is 0 Å². The number of ether oxygens (including phenoxy) is 1. The number of aliphatic imine (C=N–C) groups is 1. The zero-order valence-electron chi connectivity index (χ0n) is 15.9. The average Bonchev–Trinajstić information content (AvgIpc) is 3.10. The van der Waals surface area contributed by atoms with E-state index in [1.54, 1.807) is 24.3 Å². The average molecular weight is 490 g/mol. The first-order valence-corrected chi connectivity index (χ1v) is 11.1. The lowest BCUT2D eigenvalue weighted by molar-refractivity contribution is -0.115. The van der Waals surface area contributed by atoms with Gasteiger partial charge in [-0.25, -0.2) is 4.99 Å². The number of rotatable bonds is 5. The van der Waals surface area contributed by atoms with Crippen LogP contribution in [0, 0.1) is 0 Å². The highest BCUT2D eigenvalue weighted by atomic mass is 35.5. The molecule has 0 saturated carbocycles. The number of carbonyl (C=O) groups excluding carboxylic acids is 1. The van der Waals surface area contributed by atoms with Crippen LogP contribution in [0.2, 0.25) is 15.1 Å². The maximum Gasteiger partial charge on any atom is 0.264 e. The van der Waals surface area contributed by atoms with Gasteiger partial charge in [0.15, 0.2) is 5.17 Å². The van der Waals surface area contributed by atoms with Crippen molar-refractivity contribution in [1.29, 1.82) is 0 Å². The minimum Gasteiger partial charge on any atom is -0.489 e. The zero-order valence-corrected chi connectivity index (χ0v) is 19.0. The van der Waals surface area contributed by atoms with Gasteiger partial charge in [-0.15, -0.1) is 0 Å². The summed E-state index contributed by atoms with van der Waals surface area (Å²) < 4.78 is 5.79. The summed E-state index contributed by atoms with van der Waals surface area (Å²) in [4.78, 5) is 17.2. The molecule has 0 radical (unpaired) electrons. The molecule has 1 heterocycles. The molecule has 8 heteroatoms. The van der Waals surface area contributed by atoms with E-state index < -0.39 is 0 Å². The number of halogens is 3. The summed E-state index contributed by atoms with van der Waals surface area (Å²) in [7, 11) is 0. The van der Waals surface area contributed by atoms with Crippen LogP contribution in [0.4, 0.5) is 5.69 Å². The predicted octanol–water partition coefficient (Wildman–Crippen LogP) is 7.12. The van der Waals surface area contributed by atoms with Crippen molar-refractivity contribution in [1.82, 2.24) is 5.32 Å². The summed E-state index contributed by atoms with van der Waals surface area (Å²) in [6, 6.07) is 20.1. The Morgan fingerprint density at radius 1 is 0.935 bits per heavy atom. The second-order valence-electron chi connectivity index (χ2n) is 6.56. The van der Waals surface area contributed by atoms with Gasteiger partial charge in [-0.2, -0.15) is 0 Å². The predicted molar refractivity (Wildman–Crippen MR) is 129 cm³/mol. The van der Waals surface area contributed by atoms with Gasteiger partial charge < -0.3 is 10.1 Å². The third kappa shape index (κ3) is 5.83. The molecule has 3 aromatic carbocycles. The molecule has 0 unspecified atom stereocenters. The normalized spacial score (nSPS) is 16.0. The van der Waals surface area contributed by atoms with Crippen molar-refractivity contribution in [2.24, 2.45) is 4.99 Å². The van der Waals surface area contributed by atoms with Crippen molar-refractivity contribution in [2.45, 2.75) is 6.61 Å². The summed E-state index contributed by atoms with van der Waals surface area (Å²) >= 11 is 19.1. The third-order valence-corrected chi connectivity index (χ3v) is 6.18. The number of benzene rings is 3. The van der Waals surface area contributed by atoms with E-state index in [0.29, 0.717) is 37.4 Å². The topological polar surface area (TPSA) is 50.7 Å². The number of nitrogens with zero attached hydrogens (tertiary/aromatic N) is 1. The number of hydrogen-bond acceptors (Lipinski definition) is 4. The highest BCUT2D eigenvalue weighted by Crippen LogP contribution is 2.31. The van der Waals surface area contributed by atoms with Crippen molar-refractivity contribution >= 4 is 69.4 Å². The van der Waals surface area contributed by atoms with Gasteiger partial charge in [0.2, 0.25) is 0 Å². The smallest absolute Gasteiger partial charge is 0.264 e. The Hall–Kier alpha value is -2.44. The van der Waals surface area contributed by atoms with Gasteiger partial charge in [-0.3, -0.25) is 4.79 Å². The number of hydrogen-bond donors (Lipinski definition) is 1. The molecular formula is C23H15Cl3N2O2S. The summed E-state index contributed by atoms with van der Waals surface area (Å²) in [6.07, 6.45) is 1.81. The van der Waals surface area contributed by atoms with Gasteiger partial charge in [0.1, 0.15) is 12.4 Å². The van der Waals surface area contributed by atoms with Crippen molar-refractivity contribution in [2.75, 3.05) is 0 Å². The number of amidine groups is 1. The van der Waals surface area contributed by atoms with E-state index in [0.717, 1.165) is 16.9 Å². The number of amides is 1. The van der Waals surface area contributed by atoms with Crippen molar-refractivity contribution in [3.05, 3.63) is 97.8 Å². The van der Waals surface area contributed by atoms with Crippen LogP contribution in [0.1, 0.15) is 11.1 Å². The van der Waals surface area contributed by atoms with Crippen molar-refractivity contribution in [3.63, 3.8) is 0 Å². The molecule has 1 aliphatic rings. The van der Waals surface area contributed by atoms with E-state index in [2.05, 4.69) is 10.3 Å². The standard InChI is InChI=1S/C23H15Cl3N2O2S/c24-16-5-1-15(2-6-16)13-30-18-8-3-14(4-9-18)11-21-22(29)28-23(31-21)27-17-7-10-19(25)20(26)12-17/h1-12H,13H2,(H,27,28,29)/b21-11-. The van der Waals surface area contributed by atoms with Crippen LogP contribution >= 0.6 is 46.6 Å². The molecule has 0 aromatic heterocycles. The Labute approximate surface area is 198 Å². The fraction of sp³-hybridized carbons (Fsp3) is 0.0435. The molecule has 156 valence electrons. The van der Waals surface area contributed by atoms with Gasteiger partial charge in [-0.1, -0.05) is 59.1 Å². The Balaban J connectivity index is 1.41. The summed E-state index contributed by atoms with van der Waals surface area (Å²) in [5, 5.41) is 4.80. The number of nitrogens with one attached hydrogen (secondary N) is 1. The van der Waals surface area contributed by atoms with Gasteiger partial charge in [0, 0.05) is 5.02 Å². The van der Waals surface area contributed by atoms with Crippen LogP contribution in [0.15, 0.2) is 76.6 Å². The second kappa shape index (κ2) is 9.79. The maximum absolute atomic E-state index is 12.3. The lowest BCUT2D eigenvalue weighted by Crippen LogP contribution is -2.19. The molecule has 1 fully saturated rings. The minimum absolute atomic E-state index is 0.202. The molecule has 3 aromatic rings. The fourth-order valence-electron chi connectivity index (χ4n) is 2.71. The molecule has 0 aliphatic carbocycles. The summed E-state index contributed by atoms with van der Waals surface area (Å²) in [5.74, 6) is 0.536. The van der Waals surface area contributed by atoms with E-state index in [4.69, 9.17) is 39.5 Å². The molecule has 4 nitrogen and oxygen atoms in total. The maximum atomic E-state index is 12.3. The largest absolute Gasteiger partial charge is 0.489 e.